The van der Waals surface area contributed by atoms with E-state index in [0.29, 0.717) is 6.04 Å². The van der Waals surface area contributed by atoms with E-state index in [1.165, 1.54) is 0 Å². The highest BCUT2D eigenvalue weighted by atomic mass is 16.6. The number of benzene rings is 1. The molecule has 0 spiro atoms. The Balaban J connectivity index is 2.89. The van der Waals surface area contributed by atoms with Gasteiger partial charge in [-0.25, -0.2) is 0 Å². The van der Waals surface area contributed by atoms with Gasteiger partial charge in [-0.05, 0) is 25.8 Å². The Labute approximate surface area is 114 Å². The van der Waals surface area contributed by atoms with Gasteiger partial charge in [0.1, 0.15) is 0 Å². The number of hydrogen-bond donors (Lipinski definition) is 2. The maximum Gasteiger partial charge on any atom is 0.273 e. The lowest BCUT2D eigenvalue weighted by molar-refractivity contribution is -0.384. The first-order valence-corrected chi connectivity index (χ1v) is 6.86. The largest absolute Gasteiger partial charge is 0.385 e. The molecule has 0 saturated heterocycles. The summed E-state index contributed by atoms with van der Waals surface area (Å²) in [4.78, 5) is 10.6. The van der Waals surface area contributed by atoms with Gasteiger partial charge in [0.15, 0.2) is 0 Å². The second kappa shape index (κ2) is 7.61. The molecule has 0 aliphatic heterocycles. The van der Waals surface area contributed by atoms with Gasteiger partial charge in [0, 0.05) is 36.1 Å². The average molecular weight is 265 g/mol. The zero-order valence-electron chi connectivity index (χ0n) is 11.9. The molecule has 0 aliphatic rings. The minimum absolute atomic E-state index is 0.118. The van der Waals surface area contributed by atoms with Crippen LogP contribution in [0.2, 0.25) is 0 Å². The molecule has 0 aliphatic carbocycles. The van der Waals surface area contributed by atoms with Gasteiger partial charge in [-0.15, -0.1) is 0 Å². The van der Waals surface area contributed by atoms with Crippen LogP contribution in [0, 0.1) is 10.1 Å². The predicted octanol–water partition coefficient (Wildman–Crippen LogP) is 4.02. The summed E-state index contributed by atoms with van der Waals surface area (Å²) in [6.45, 7) is 7.08. The van der Waals surface area contributed by atoms with E-state index in [0.717, 1.165) is 37.2 Å². The molecule has 2 N–H and O–H groups in total. The number of nitrogens with zero attached hydrogens (tertiary/aromatic N) is 1. The van der Waals surface area contributed by atoms with Gasteiger partial charge in [0.2, 0.25) is 0 Å². The van der Waals surface area contributed by atoms with E-state index < -0.39 is 0 Å². The van der Waals surface area contributed by atoms with Crippen molar-refractivity contribution in [2.24, 2.45) is 0 Å². The first kappa shape index (κ1) is 15.3. The summed E-state index contributed by atoms with van der Waals surface area (Å²) >= 11 is 0. The molecule has 5 heteroatoms. The maximum absolute atomic E-state index is 10.9. The smallest absolute Gasteiger partial charge is 0.273 e. The van der Waals surface area contributed by atoms with Crippen molar-refractivity contribution in [3.05, 3.63) is 28.3 Å². The van der Waals surface area contributed by atoms with Crippen LogP contribution in [0.1, 0.15) is 40.0 Å². The SMILES string of the molecule is CCCNc1cc(NC(C)CCC)cc([N+](=O)[O-])c1. The Kier molecular flexibility index (Phi) is 6.12. The molecule has 19 heavy (non-hydrogen) atoms. The Bertz CT molecular complexity index is 421. The summed E-state index contributed by atoms with van der Waals surface area (Å²) < 4.78 is 0. The molecule has 0 fully saturated rings. The van der Waals surface area contributed by atoms with Gasteiger partial charge in [-0.2, -0.15) is 0 Å². The van der Waals surface area contributed by atoms with Gasteiger partial charge in [-0.1, -0.05) is 20.3 Å². The fourth-order valence-electron chi connectivity index (χ4n) is 1.96. The van der Waals surface area contributed by atoms with Gasteiger partial charge < -0.3 is 10.6 Å². The maximum atomic E-state index is 10.9. The Morgan fingerprint density at radius 1 is 1.21 bits per heavy atom. The van der Waals surface area contributed by atoms with Crippen LogP contribution >= 0.6 is 0 Å². The lowest BCUT2D eigenvalue weighted by atomic mass is 10.1. The zero-order chi connectivity index (χ0) is 14.3. The predicted molar refractivity (Wildman–Crippen MR) is 79.9 cm³/mol. The third-order valence-electron chi connectivity index (χ3n) is 2.84. The Morgan fingerprint density at radius 3 is 2.47 bits per heavy atom. The second-order valence-electron chi connectivity index (χ2n) is 4.79. The molecule has 1 rings (SSSR count). The second-order valence-corrected chi connectivity index (χ2v) is 4.79. The summed E-state index contributed by atoms with van der Waals surface area (Å²) in [6.07, 6.45) is 3.11. The normalized spacial score (nSPS) is 11.9. The number of nitro benzene ring substituents is 1. The highest BCUT2D eigenvalue weighted by Gasteiger charge is 2.11. The van der Waals surface area contributed by atoms with Crippen molar-refractivity contribution in [1.82, 2.24) is 0 Å². The molecule has 0 aromatic heterocycles. The molecule has 1 atom stereocenters. The van der Waals surface area contributed by atoms with Crippen LogP contribution in [0.15, 0.2) is 18.2 Å². The topological polar surface area (TPSA) is 67.2 Å². The summed E-state index contributed by atoms with van der Waals surface area (Å²) in [5, 5.41) is 17.4. The first-order chi connectivity index (χ1) is 9.06. The third-order valence-corrected chi connectivity index (χ3v) is 2.84. The molecular weight excluding hydrogens is 242 g/mol. The van der Waals surface area contributed by atoms with Crippen LogP contribution in [0.25, 0.3) is 0 Å². The van der Waals surface area contributed by atoms with Crippen molar-refractivity contribution < 1.29 is 4.92 Å². The summed E-state index contributed by atoms with van der Waals surface area (Å²) in [5.41, 5.74) is 1.71. The van der Waals surface area contributed by atoms with Gasteiger partial charge >= 0.3 is 0 Å². The fourth-order valence-corrected chi connectivity index (χ4v) is 1.96. The molecule has 106 valence electrons. The average Bonchev–Trinajstić information content (AvgIpc) is 2.36. The number of hydrogen-bond acceptors (Lipinski definition) is 4. The van der Waals surface area contributed by atoms with Crippen LogP contribution in [0.4, 0.5) is 17.1 Å². The van der Waals surface area contributed by atoms with E-state index in [4.69, 9.17) is 0 Å². The highest BCUT2D eigenvalue weighted by Crippen LogP contribution is 2.25. The van der Waals surface area contributed by atoms with E-state index in [1.54, 1.807) is 12.1 Å². The number of non-ortho nitro benzene ring substituents is 1. The lowest BCUT2D eigenvalue weighted by Crippen LogP contribution is -2.14. The van der Waals surface area contributed by atoms with Crippen molar-refractivity contribution >= 4 is 17.1 Å². The zero-order valence-corrected chi connectivity index (χ0v) is 11.9. The van der Waals surface area contributed by atoms with Gasteiger partial charge in [0.25, 0.3) is 5.69 Å². The highest BCUT2D eigenvalue weighted by molar-refractivity contribution is 5.63. The lowest BCUT2D eigenvalue weighted by Gasteiger charge is -2.15. The van der Waals surface area contributed by atoms with E-state index in [2.05, 4.69) is 31.4 Å². The van der Waals surface area contributed by atoms with Crippen LogP contribution < -0.4 is 10.6 Å². The minimum atomic E-state index is -0.354. The van der Waals surface area contributed by atoms with E-state index in [9.17, 15) is 10.1 Å². The van der Waals surface area contributed by atoms with Crippen LogP contribution in [0.5, 0.6) is 0 Å². The van der Waals surface area contributed by atoms with Crippen molar-refractivity contribution in [3.63, 3.8) is 0 Å². The van der Waals surface area contributed by atoms with Crippen molar-refractivity contribution in [3.8, 4) is 0 Å². The van der Waals surface area contributed by atoms with E-state index in [1.807, 2.05) is 6.07 Å². The molecule has 1 unspecified atom stereocenters. The van der Waals surface area contributed by atoms with E-state index >= 15 is 0 Å². The summed E-state index contributed by atoms with van der Waals surface area (Å²) in [6, 6.07) is 5.40. The van der Waals surface area contributed by atoms with Crippen molar-refractivity contribution in [1.29, 1.82) is 0 Å². The standard InChI is InChI=1S/C14H23N3O2/c1-4-6-11(3)16-13-8-12(15-7-5-2)9-14(10-13)17(18)19/h8-11,15-16H,4-7H2,1-3H3. The molecule has 0 heterocycles. The van der Waals surface area contributed by atoms with Crippen LogP contribution in [0.3, 0.4) is 0 Å². The number of anilines is 2. The van der Waals surface area contributed by atoms with Gasteiger partial charge in [0.05, 0.1) is 4.92 Å². The molecule has 0 amide bonds. The monoisotopic (exact) mass is 265 g/mol. The summed E-state index contributed by atoms with van der Waals surface area (Å²) in [5.74, 6) is 0. The molecule has 0 bridgehead atoms. The molecular formula is C14H23N3O2. The number of nitrogens with one attached hydrogen (secondary N) is 2. The fraction of sp³-hybridized carbons (Fsp3) is 0.571. The van der Waals surface area contributed by atoms with E-state index in [-0.39, 0.29) is 10.6 Å². The van der Waals surface area contributed by atoms with Crippen molar-refractivity contribution in [2.75, 3.05) is 17.2 Å². The minimum Gasteiger partial charge on any atom is -0.385 e. The van der Waals surface area contributed by atoms with Crippen molar-refractivity contribution in [2.45, 2.75) is 46.1 Å². The molecule has 1 aromatic carbocycles. The number of rotatable bonds is 8. The third kappa shape index (κ3) is 5.16. The molecule has 0 saturated carbocycles. The number of nitro groups is 1. The Hall–Kier alpha value is -1.78. The van der Waals surface area contributed by atoms with Crippen LogP contribution in [-0.4, -0.2) is 17.5 Å². The summed E-state index contributed by atoms with van der Waals surface area (Å²) in [7, 11) is 0. The van der Waals surface area contributed by atoms with Gasteiger partial charge in [-0.3, -0.25) is 10.1 Å². The Morgan fingerprint density at radius 2 is 1.89 bits per heavy atom. The quantitative estimate of drug-likeness (QED) is 0.550. The molecule has 5 nitrogen and oxygen atoms in total. The molecule has 0 radical (unpaired) electrons. The van der Waals surface area contributed by atoms with Crippen LogP contribution in [-0.2, 0) is 0 Å². The first-order valence-electron chi connectivity index (χ1n) is 6.86. The molecule has 1 aromatic rings.